The topological polar surface area (TPSA) is 102 Å². The van der Waals surface area contributed by atoms with Crippen LogP contribution in [0.1, 0.15) is 64.1 Å². The number of rotatable bonds is 7. The zero-order chi connectivity index (χ0) is 27.3. The molecule has 0 radical (unpaired) electrons. The van der Waals surface area contributed by atoms with Crippen LogP contribution in [-0.4, -0.2) is 57.1 Å². The number of hydrogen-bond donors (Lipinski definition) is 1. The number of aryl methyl sites for hydroxylation is 1. The average Bonchev–Trinajstić information content (AvgIpc) is 3.51. The van der Waals surface area contributed by atoms with Crippen molar-refractivity contribution in [1.82, 2.24) is 14.9 Å². The predicted molar refractivity (Wildman–Crippen MR) is 147 cm³/mol. The van der Waals surface area contributed by atoms with E-state index in [-0.39, 0.29) is 30.2 Å². The van der Waals surface area contributed by atoms with E-state index in [0.29, 0.717) is 17.4 Å². The van der Waals surface area contributed by atoms with Gasteiger partial charge in [0.1, 0.15) is 34.3 Å². The zero-order valence-corrected chi connectivity index (χ0v) is 23.5. The van der Waals surface area contributed by atoms with Gasteiger partial charge < -0.3 is 19.5 Å². The molecule has 8 nitrogen and oxygen atoms in total. The number of ether oxygens (including phenoxy) is 2. The number of piperidine rings is 1. The summed E-state index contributed by atoms with van der Waals surface area (Å²) < 4.78 is 12.2. The van der Waals surface area contributed by atoms with E-state index in [0.717, 1.165) is 45.8 Å². The Hall–Kier alpha value is -3.20. The van der Waals surface area contributed by atoms with Crippen molar-refractivity contribution in [3.8, 4) is 22.2 Å². The number of pyridine rings is 1. The molecular formula is C29H35N3O5S. The second kappa shape index (κ2) is 10.2. The molecular weight excluding hydrogens is 502 g/mol. The van der Waals surface area contributed by atoms with Gasteiger partial charge >= 0.3 is 5.97 Å². The van der Waals surface area contributed by atoms with Gasteiger partial charge in [0.15, 0.2) is 0 Å². The summed E-state index contributed by atoms with van der Waals surface area (Å²) in [5, 5.41) is 13.7. The fraction of sp³-hybridized carbons (Fsp3) is 0.517. The monoisotopic (exact) mass is 537 g/mol. The summed E-state index contributed by atoms with van der Waals surface area (Å²) in [5.41, 5.74) is 3.35. The summed E-state index contributed by atoms with van der Waals surface area (Å²) in [5.74, 6) is 0.598. The molecule has 0 saturated carbocycles. The van der Waals surface area contributed by atoms with E-state index in [9.17, 15) is 14.7 Å². The van der Waals surface area contributed by atoms with Crippen molar-refractivity contribution in [2.24, 2.45) is 11.8 Å². The number of hydrogen-bond acceptors (Lipinski definition) is 7. The predicted octanol–water partition coefficient (Wildman–Crippen LogP) is 5.67. The lowest BCUT2D eigenvalue weighted by molar-refractivity contribution is -0.155. The van der Waals surface area contributed by atoms with Gasteiger partial charge in [-0.3, -0.25) is 4.79 Å². The third-order valence-corrected chi connectivity index (χ3v) is 8.87. The molecule has 9 heteroatoms. The van der Waals surface area contributed by atoms with Crippen molar-refractivity contribution >= 4 is 34.1 Å². The van der Waals surface area contributed by atoms with Crippen molar-refractivity contribution in [2.75, 3.05) is 7.11 Å². The first-order valence-corrected chi connectivity index (χ1v) is 14.1. The minimum atomic E-state index is -0.983. The van der Waals surface area contributed by atoms with Crippen LogP contribution in [0, 0.1) is 18.8 Å². The normalized spacial score (nSPS) is 23.4. The maximum Gasteiger partial charge on any atom is 0.326 e. The number of thiazole rings is 1. The van der Waals surface area contributed by atoms with Crippen molar-refractivity contribution in [3.05, 3.63) is 34.8 Å². The Kier molecular flexibility index (Phi) is 7.07. The first-order chi connectivity index (χ1) is 18.1. The molecule has 1 aromatic carbocycles. The highest BCUT2D eigenvalue weighted by molar-refractivity contribution is 7.13. The fourth-order valence-corrected chi connectivity index (χ4v) is 6.75. The molecule has 1 N–H and O–H groups in total. The van der Waals surface area contributed by atoms with Gasteiger partial charge in [0.2, 0.25) is 5.91 Å². The van der Waals surface area contributed by atoms with Crippen LogP contribution in [0.5, 0.6) is 11.5 Å². The third kappa shape index (κ3) is 4.51. The molecule has 3 aromatic rings. The molecule has 202 valence electrons. The number of carboxylic acids is 1. The van der Waals surface area contributed by atoms with Crippen LogP contribution >= 0.6 is 11.3 Å². The molecule has 2 fully saturated rings. The van der Waals surface area contributed by atoms with Gasteiger partial charge in [-0.2, -0.15) is 0 Å². The van der Waals surface area contributed by atoms with Gasteiger partial charge in [-0.1, -0.05) is 27.7 Å². The molecule has 4 heterocycles. The largest absolute Gasteiger partial charge is 0.496 e. The summed E-state index contributed by atoms with van der Waals surface area (Å²) in [4.78, 5) is 36.9. The second-order valence-electron chi connectivity index (χ2n) is 11.0. The SMILES string of the molecule is COc1ccc2c(O[C@@H]3C[C@@H](C(=O)O)N4C(=O)[C@@H](C(C)C)CC[C@H]34)cc(-c3nc(C(C)C)cs3)nc2c1C. The van der Waals surface area contributed by atoms with E-state index < -0.39 is 18.1 Å². The number of benzene rings is 1. The Balaban J connectivity index is 1.57. The minimum Gasteiger partial charge on any atom is -0.496 e. The van der Waals surface area contributed by atoms with Crippen LogP contribution < -0.4 is 9.47 Å². The van der Waals surface area contributed by atoms with Gasteiger partial charge in [0, 0.05) is 34.7 Å². The smallest absolute Gasteiger partial charge is 0.326 e. The molecule has 4 atom stereocenters. The van der Waals surface area contributed by atoms with Crippen LogP contribution in [0.3, 0.4) is 0 Å². The van der Waals surface area contributed by atoms with E-state index in [1.807, 2.05) is 39.0 Å². The Labute approximate surface area is 227 Å². The molecule has 2 aromatic heterocycles. The lowest BCUT2D eigenvalue weighted by atomic mass is 9.84. The van der Waals surface area contributed by atoms with Gasteiger partial charge in [0.05, 0.1) is 24.4 Å². The van der Waals surface area contributed by atoms with Gasteiger partial charge in [-0.25, -0.2) is 14.8 Å². The van der Waals surface area contributed by atoms with Crippen molar-refractivity contribution in [3.63, 3.8) is 0 Å². The Morgan fingerprint density at radius 3 is 2.55 bits per heavy atom. The van der Waals surface area contributed by atoms with E-state index >= 15 is 0 Å². The minimum absolute atomic E-state index is 0.0698. The summed E-state index contributed by atoms with van der Waals surface area (Å²) in [6.07, 6.45) is 1.27. The summed E-state index contributed by atoms with van der Waals surface area (Å²) in [6.45, 7) is 10.2. The molecule has 1 amide bonds. The number of aliphatic carboxylic acids is 1. The Morgan fingerprint density at radius 1 is 1.16 bits per heavy atom. The molecule has 0 bridgehead atoms. The number of carboxylic acid groups (broad SMARTS) is 1. The van der Waals surface area contributed by atoms with Crippen LogP contribution in [0.15, 0.2) is 23.6 Å². The lowest BCUT2D eigenvalue weighted by Gasteiger charge is -2.39. The van der Waals surface area contributed by atoms with Gasteiger partial charge in [-0.15, -0.1) is 11.3 Å². The first-order valence-electron chi connectivity index (χ1n) is 13.3. The molecule has 0 unspecified atom stereocenters. The first kappa shape index (κ1) is 26.4. The number of fused-ring (bicyclic) bond motifs is 2. The summed E-state index contributed by atoms with van der Waals surface area (Å²) >= 11 is 1.54. The van der Waals surface area contributed by atoms with Crippen LogP contribution in [0.25, 0.3) is 21.6 Å². The molecule has 2 aliphatic rings. The number of carbonyl (C=O) groups excluding carboxylic acids is 1. The summed E-state index contributed by atoms with van der Waals surface area (Å²) in [6, 6.07) is 4.55. The number of methoxy groups -OCH3 is 1. The van der Waals surface area contributed by atoms with Crippen LogP contribution in [0.2, 0.25) is 0 Å². The van der Waals surface area contributed by atoms with Crippen LogP contribution in [0.4, 0.5) is 0 Å². The standard InChI is InChI=1S/C29H35N3O5S/c1-14(2)17-7-9-21-25(12-22(29(34)35)32(21)28(17)33)37-24-11-19(27-31-20(13-38-27)15(3)4)30-26-16(5)23(36-6)10-8-18(24)26/h8,10-11,13-15,17,21-22,25H,7,9,12H2,1-6H3,(H,34,35)/t17-,21-,22+,25-/m1/s1. The quantitative estimate of drug-likeness (QED) is 0.414. The van der Waals surface area contributed by atoms with E-state index in [2.05, 4.69) is 19.2 Å². The zero-order valence-electron chi connectivity index (χ0n) is 22.7. The van der Waals surface area contributed by atoms with Gasteiger partial charge in [-0.05, 0) is 43.7 Å². The number of aromatic nitrogens is 2. The van der Waals surface area contributed by atoms with E-state index in [1.165, 1.54) is 0 Å². The van der Waals surface area contributed by atoms with E-state index in [4.69, 9.17) is 19.4 Å². The van der Waals surface area contributed by atoms with Crippen LogP contribution in [-0.2, 0) is 9.59 Å². The Bertz CT molecular complexity index is 1380. The molecule has 0 aliphatic carbocycles. The molecule has 5 rings (SSSR count). The molecule has 2 aliphatic heterocycles. The highest BCUT2D eigenvalue weighted by atomic mass is 32.1. The van der Waals surface area contributed by atoms with Crippen molar-refractivity contribution in [2.45, 2.75) is 78.0 Å². The average molecular weight is 538 g/mol. The maximum absolute atomic E-state index is 13.4. The summed E-state index contributed by atoms with van der Waals surface area (Å²) in [7, 11) is 1.63. The van der Waals surface area contributed by atoms with Crippen molar-refractivity contribution in [1.29, 1.82) is 0 Å². The number of amides is 1. The maximum atomic E-state index is 13.4. The van der Waals surface area contributed by atoms with Gasteiger partial charge in [0.25, 0.3) is 0 Å². The van der Waals surface area contributed by atoms with E-state index in [1.54, 1.807) is 23.3 Å². The third-order valence-electron chi connectivity index (χ3n) is 7.99. The van der Waals surface area contributed by atoms with Crippen molar-refractivity contribution < 1.29 is 24.2 Å². The Morgan fingerprint density at radius 2 is 1.92 bits per heavy atom. The number of nitrogens with zero attached hydrogens (tertiary/aromatic N) is 3. The second-order valence-corrected chi connectivity index (χ2v) is 11.9. The highest BCUT2D eigenvalue weighted by Crippen LogP contribution is 2.42. The molecule has 38 heavy (non-hydrogen) atoms. The lowest BCUT2D eigenvalue weighted by Crippen LogP contribution is -2.53. The molecule has 2 saturated heterocycles. The molecule has 0 spiro atoms. The highest BCUT2D eigenvalue weighted by Gasteiger charge is 2.52. The number of carbonyl (C=O) groups is 2. The fourth-order valence-electron chi connectivity index (χ4n) is 5.81.